The zero-order valence-electron chi connectivity index (χ0n) is 11.6. The van der Waals surface area contributed by atoms with Gasteiger partial charge in [0.25, 0.3) is 0 Å². The Morgan fingerprint density at radius 2 is 2.00 bits per heavy atom. The van der Waals surface area contributed by atoms with E-state index in [2.05, 4.69) is 4.98 Å². The summed E-state index contributed by atoms with van der Waals surface area (Å²) in [5.41, 5.74) is 4.18. The molecule has 0 unspecified atom stereocenters. The summed E-state index contributed by atoms with van der Waals surface area (Å²) >= 11 is 1.43. The minimum Gasteiger partial charge on any atom is -0.294 e. The van der Waals surface area contributed by atoms with Gasteiger partial charge >= 0.3 is 6.18 Å². The van der Waals surface area contributed by atoms with Gasteiger partial charge < -0.3 is 0 Å². The van der Waals surface area contributed by atoms with Gasteiger partial charge in [-0.25, -0.2) is 4.98 Å². The lowest BCUT2D eigenvalue weighted by Crippen LogP contribution is -2.25. The average Bonchev–Trinajstić information content (AvgIpc) is 2.99. The predicted molar refractivity (Wildman–Crippen MR) is 76.9 cm³/mol. The Morgan fingerprint density at radius 1 is 1.27 bits per heavy atom. The van der Waals surface area contributed by atoms with Crippen molar-refractivity contribution in [2.45, 2.75) is 25.9 Å². The molecule has 0 aliphatic rings. The van der Waals surface area contributed by atoms with Crippen LogP contribution in [0, 0.1) is 0 Å². The Balaban J connectivity index is 2.26. The van der Waals surface area contributed by atoms with E-state index in [1.807, 2.05) is 12.3 Å². The zero-order valence-corrected chi connectivity index (χ0v) is 12.4. The SMILES string of the molecule is CCc1cc(C(=O)CC(=O)C(F)(F)F)ccc1-c1cscn1. The second-order valence-electron chi connectivity index (χ2n) is 4.62. The van der Waals surface area contributed by atoms with Gasteiger partial charge in [0, 0.05) is 16.5 Å². The molecule has 0 N–H and O–H groups in total. The summed E-state index contributed by atoms with van der Waals surface area (Å²) in [7, 11) is 0. The highest BCUT2D eigenvalue weighted by molar-refractivity contribution is 7.07. The summed E-state index contributed by atoms with van der Waals surface area (Å²) in [6.07, 6.45) is -5.55. The van der Waals surface area contributed by atoms with Crippen LogP contribution in [-0.2, 0) is 11.2 Å². The first-order valence-corrected chi connectivity index (χ1v) is 7.42. The third-order valence-electron chi connectivity index (χ3n) is 3.15. The number of hydrogen-bond acceptors (Lipinski definition) is 4. The van der Waals surface area contributed by atoms with Crippen LogP contribution in [-0.4, -0.2) is 22.7 Å². The molecule has 1 aromatic heterocycles. The molecule has 1 heterocycles. The van der Waals surface area contributed by atoms with E-state index in [4.69, 9.17) is 0 Å². The van der Waals surface area contributed by atoms with Gasteiger partial charge in [-0.1, -0.05) is 19.1 Å². The molecule has 22 heavy (non-hydrogen) atoms. The third-order valence-corrected chi connectivity index (χ3v) is 3.74. The summed E-state index contributed by atoms with van der Waals surface area (Å²) in [4.78, 5) is 26.9. The number of alkyl halides is 3. The van der Waals surface area contributed by atoms with E-state index in [0.717, 1.165) is 16.8 Å². The maximum Gasteiger partial charge on any atom is 0.450 e. The number of aromatic nitrogens is 1. The standard InChI is InChI=1S/C15H12F3NO2S/c1-2-9-5-10(13(20)6-14(21)15(16,17)18)3-4-11(9)12-7-22-8-19-12/h3-5,7-8H,2,6H2,1H3. The number of aryl methyl sites for hydroxylation is 1. The molecule has 116 valence electrons. The van der Waals surface area contributed by atoms with Gasteiger partial charge in [-0.15, -0.1) is 11.3 Å². The highest BCUT2D eigenvalue weighted by atomic mass is 32.1. The molecular weight excluding hydrogens is 315 g/mol. The molecule has 2 rings (SSSR count). The monoisotopic (exact) mass is 327 g/mol. The van der Waals surface area contributed by atoms with Gasteiger partial charge in [-0.3, -0.25) is 9.59 Å². The number of benzene rings is 1. The van der Waals surface area contributed by atoms with Crippen molar-refractivity contribution in [1.29, 1.82) is 0 Å². The van der Waals surface area contributed by atoms with Gasteiger partial charge in [0.15, 0.2) is 5.78 Å². The van der Waals surface area contributed by atoms with Crippen molar-refractivity contribution in [3.05, 3.63) is 40.2 Å². The van der Waals surface area contributed by atoms with Crippen LogP contribution in [0.25, 0.3) is 11.3 Å². The predicted octanol–water partition coefficient (Wildman–Crippen LogP) is 4.08. The van der Waals surface area contributed by atoms with Crippen LogP contribution >= 0.6 is 11.3 Å². The zero-order chi connectivity index (χ0) is 16.3. The summed E-state index contributed by atoms with van der Waals surface area (Å²) < 4.78 is 36.6. The van der Waals surface area contributed by atoms with Crippen molar-refractivity contribution >= 4 is 22.9 Å². The van der Waals surface area contributed by atoms with Gasteiger partial charge in [-0.05, 0) is 18.1 Å². The van der Waals surface area contributed by atoms with E-state index in [1.54, 1.807) is 11.6 Å². The first-order chi connectivity index (χ1) is 10.3. The molecule has 7 heteroatoms. The largest absolute Gasteiger partial charge is 0.450 e. The molecule has 1 aromatic carbocycles. The van der Waals surface area contributed by atoms with Crippen molar-refractivity contribution in [3.63, 3.8) is 0 Å². The fourth-order valence-corrected chi connectivity index (χ4v) is 2.56. The number of thiazole rings is 1. The van der Waals surface area contributed by atoms with Crippen molar-refractivity contribution < 1.29 is 22.8 Å². The maximum atomic E-state index is 12.2. The Morgan fingerprint density at radius 3 is 2.55 bits per heavy atom. The summed E-state index contributed by atoms with van der Waals surface area (Å²) in [6, 6.07) is 4.61. The molecular formula is C15H12F3NO2S. The normalized spacial score (nSPS) is 11.5. The molecule has 0 amide bonds. The molecule has 0 spiro atoms. The molecule has 0 fully saturated rings. The quantitative estimate of drug-likeness (QED) is 0.614. The second-order valence-corrected chi connectivity index (χ2v) is 5.34. The highest BCUT2D eigenvalue weighted by Gasteiger charge is 2.39. The van der Waals surface area contributed by atoms with Crippen LogP contribution in [0.4, 0.5) is 13.2 Å². The first kappa shape index (κ1) is 16.4. The van der Waals surface area contributed by atoms with Crippen LogP contribution in [0.2, 0.25) is 0 Å². The van der Waals surface area contributed by atoms with Gasteiger partial charge in [-0.2, -0.15) is 13.2 Å². The lowest BCUT2D eigenvalue weighted by atomic mass is 9.97. The number of hydrogen-bond donors (Lipinski definition) is 0. The van der Waals surface area contributed by atoms with Gasteiger partial charge in [0.2, 0.25) is 5.78 Å². The summed E-state index contributed by atoms with van der Waals surface area (Å²) in [5.74, 6) is -2.86. The highest BCUT2D eigenvalue weighted by Crippen LogP contribution is 2.26. The summed E-state index contributed by atoms with van der Waals surface area (Å²) in [5, 5.41) is 1.85. The smallest absolute Gasteiger partial charge is 0.294 e. The van der Waals surface area contributed by atoms with Gasteiger partial charge in [0.1, 0.15) is 0 Å². The molecule has 0 aliphatic carbocycles. The van der Waals surface area contributed by atoms with E-state index in [-0.39, 0.29) is 5.56 Å². The number of Topliss-reactive ketones (excluding diaryl/α,β-unsaturated/α-hetero) is 2. The lowest BCUT2D eigenvalue weighted by molar-refractivity contribution is -0.170. The average molecular weight is 327 g/mol. The number of ketones is 2. The molecule has 0 bridgehead atoms. The number of carbonyl (C=O) groups is 2. The number of rotatable bonds is 5. The fourth-order valence-electron chi connectivity index (χ4n) is 2.00. The fraction of sp³-hybridized carbons (Fsp3) is 0.267. The van der Waals surface area contributed by atoms with Crippen molar-refractivity contribution in [3.8, 4) is 11.3 Å². The Labute approximate surface area is 128 Å². The first-order valence-electron chi connectivity index (χ1n) is 6.47. The van der Waals surface area contributed by atoms with E-state index < -0.39 is 24.2 Å². The van der Waals surface area contributed by atoms with E-state index in [1.165, 1.54) is 23.5 Å². The number of nitrogens with zero attached hydrogens (tertiary/aromatic N) is 1. The molecule has 0 radical (unpaired) electrons. The van der Waals surface area contributed by atoms with Crippen molar-refractivity contribution in [2.75, 3.05) is 0 Å². The topological polar surface area (TPSA) is 47.0 Å². The van der Waals surface area contributed by atoms with Gasteiger partial charge in [0.05, 0.1) is 17.6 Å². The molecule has 3 nitrogen and oxygen atoms in total. The third kappa shape index (κ3) is 3.59. The van der Waals surface area contributed by atoms with Crippen molar-refractivity contribution in [2.24, 2.45) is 0 Å². The molecule has 0 atom stereocenters. The maximum absolute atomic E-state index is 12.2. The van der Waals surface area contributed by atoms with E-state index in [0.29, 0.717) is 6.42 Å². The summed E-state index contributed by atoms with van der Waals surface area (Å²) in [6.45, 7) is 1.88. The van der Waals surface area contributed by atoms with Crippen LogP contribution < -0.4 is 0 Å². The molecule has 0 saturated heterocycles. The Hall–Kier alpha value is -2.02. The minimum absolute atomic E-state index is 0.105. The number of halogens is 3. The number of carbonyl (C=O) groups excluding carboxylic acids is 2. The second kappa shape index (κ2) is 6.39. The van der Waals surface area contributed by atoms with Crippen LogP contribution in [0.3, 0.4) is 0 Å². The Kier molecular flexibility index (Phi) is 4.75. The Bertz CT molecular complexity index is 693. The van der Waals surface area contributed by atoms with Crippen LogP contribution in [0.5, 0.6) is 0 Å². The molecule has 0 saturated carbocycles. The lowest BCUT2D eigenvalue weighted by Gasteiger charge is -2.09. The molecule has 2 aromatic rings. The molecule has 0 aliphatic heterocycles. The van der Waals surface area contributed by atoms with E-state index in [9.17, 15) is 22.8 Å². The van der Waals surface area contributed by atoms with Crippen molar-refractivity contribution in [1.82, 2.24) is 4.98 Å². The van der Waals surface area contributed by atoms with E-state index >= 15 is 0 Å². The minimum atomic E-state index is -4.98. The van der Waals surface area contributed by atoms with Crippen LogP contribution in [0.15, 0.2) is 29.1 Å². The van der Waals surface area contributed by atoms with Crippen LogP contribution in [0.1, 0.15) is 29.3 Å².